The van der Waals surface area contributed by atoms with Crippen LogP contribution in [0.3, 0.4) is 0 Å². The van der Waals surface area contributed by atoms with E-state index < -0.39 is 0 Å². The van der Waals surface area contributed by atoms with Gasteiger partial charge in [0.15, 0.2) is 0 Å². The van der Waals surface area contributed by atoms with Crippen LogP contribution < -0.4 is 10.2 Å². The fourth-order valence-corrected chi connectivity index (χ4v) is 2.50. The SMILES string of the molecule is Cc1ccc(CNc2ccc(C)c(N(C)C)c2)c(Cl)c1. The molecule has 0 aliphatic rings. The molecule has 0 saturated carbocycles. The van der Waals surface area contributed by atoms with Crippen molar-refractivity contribution in [2.45, 2.75) is 20.4 Å². The maximum Gasteiger partial charge on any atom is 0.0458 e. The summed E-state index contributed by atoms with van der Waals surface area (Å²) in [5.41, 5.74) is 5.91. The second kappa shape index (κ2) is 6.19. The van der Waals surface area contributed by atoms with Gasteiger partial charge >= 0.3 is 0 Å². The molecule has 0 aromatic heterocycles. The molecule has 0 heterocycles. The van der Waals surface area contributed by atoms with Crippen LogP contribution in [0.15, 0.2) is 36.4 Å². The van der Waals surface area contributed by atoms with E-state index in [4.69, 9.17) is 11.6 Å². The highest BCUT2D eigenvalue weighted by Gasteiger charge is 2.04. The molecule has 2 nitrogen and oxygen atoms in total. The monoisotopic (exact) mass is 288 g/mol. The summed E-state index contributed by atoms with van der Waals surface area (Å²) >= 11 is 6.25. The molecule has 0 aliphatic heterocycles. The van der Waals surface area contributed by atoms with Gasteiger partial charge in [-0.2, -0.15) is 0 Å². The van der Waals surface area contributed by atoms with Gasteiger partial charge in [0.05, 0.1) is 0 Å². The molecule has 0 saturated heterocycles. The molecule has 0 fully saturated rings. The van der Waals surface area contributed by atoms with Gasteiger partial charge in [0.25, 0.3) is 0 Å². The molecule has 2 aromatic rings. The first-order chi connectivity index (χ1) is 9.47. The highest BCUT2D eigenvalue weighted by atomic mass is 35.5. The Labute approximate surface area is 126 Å². The molecule has 2 aromatic carbocycles. The number of nitrogens with one attached hydrogen (secondary N) is 1. The summed E-state index contributed by atoms with van der Waals surface area (Å²) in [6.07, 6.45) is 0. The number of benzene rings is 2. The molecular formula is C17H21ClN2. The predicted octanol–water partition coefficient (Wildman–Crippen LogP) is 4.63. The lowest BCUT2D eigenvalue weighted by atomic mass is 10.1. The maximum absolute atomic E-state index is 6.25. The van der Waals surface area contributed by atoms with E-state index in [2.05, 4.69) is 61.6 Å². The van der Waals surface area contributed by atoms with E-state index in [9.17, 15) is 0 Å². The zero-order valence-electron chi connectivity index (χ0n) is 12.5. The minimum atomic E-state index is 0.731. The Hall–Kier alpha value is -1.67. The Balaban J connectivity index is 2.13. The van der Waals surface area contributed by atoms with Gasteiger partial charge in [0, 0.05) is 37.0 Å². The molecule has 2 rings (SSSR count). The molecule has 1 N–H and O–H groups in total. The van der Waals surface area contributed by atoms with Gasteiger partial charge in [0.2, 0.25) is 0 Å². The normalized spacial score (nSPS) is 10.4. The molecule has 0 bridgehead atoms. The van der Waals surface area contributed by atoms with Crippen molar-refractivity contribution in [3.8, 4) is 0 Å². The van der Waals surface area contributed by atoms with Gasteiger partial charge < -0.3 is 10.2 Å². The average molecular weight is 289 g/mol. The van der Waals surface area contributed by atoms with E-state index in [1.807, 2.05) is 13.0 Å². The topological polar surface area (TPSA) is 15.3 Å². The van der Waals surface area contributed by atoms with E-state index in [1.165, 1.54) is 16.8 Å². The van der Waals surface area contributed by atoms with Crippen molar-refractivity contribution in [1.29, 1.82) is 0 Å². The number of aryl methyl sites for hydroxylation is 2. The Kier molecular flexibility index (Phi) is 4.56. The van der Waals surface area contributed by atoms with Crippen LogP contribution >= 0.6 is 11.6 Å². The standard InChI is InChI=1S/C17H21ClN2/c1-12-5-7-14(16(18)9-12)11-19-15-8-6-13(2)17(10-15)20(3)4/h5-10,19H,11H2,1-4H3. The highest BCUT2D eigenvalue weighted by molar-refractivity contribution is 6.31. The van der Waals surface area contributed by atoms with Gasteiger partial charge in [-0.15, -0.1) is 0 Å². The zero-order valence-corrected chi connectivity index (χ0v) is 13.3. The molecule has 0 radical (unpaired) electrons. The summed E-state index contributed by atoms with van der Waals surface area (Å²) in [5.74, 6) is 0. The van der Waals surface area contributed by atoms with E-state index in [0.717, 1.165) is 22.8 Å². The van der Waals surface area contributed by atoms with Gasteiger partial charge in [-0.05, 0) is 48.7 Å². The van der Waals surface area contributed by atoms with Crippen molar-refractivity contribution in [3.63, 3.8) is 0 Å². The molecule has 0 atom stereocenters. The smallest absolute Gasteiger partial charge is 0.0458 e. The second-order valence-electron chi connectivity index (χ2n) is 5.34. The molecule has 0 spiro atoms. The van der Waals surface area contributed by atoms with Crippen LogP contribution in [0.4, 0.5) is 11.4 Å². The maximum atomic E-state index is 6.25. The van der Waals surface area contributed by atoms with Gasteiger partial charge in [-0.25, -0.2) is 0 Å². The molecule has 106 valence electrons. The number of nitrogens with zero attached hydrogens (tertiary/aromatic N) is 1. The summed E-state index contributed by atoms with van der Waals surface area (Å²) in [7, 11) is 4.12. The van der Waals surface area contributed by atoms with Gasteiger partial charge in [-0.1, -0.05) is 29.8 Å². The van der Waals surface area contributed by atoms with Crippen LogP contribution in [0.1, 0.15) is 16.7 Å². The van der Waals surface area contributed by atoms with Gasteiger partial charge in [0.1, 0.15) is 0 Å². The quantitative estimate of drug-likeness (QED) is 0.882. The van der Waals surface area contributed by atoms with Crippen molar-refractivity contribution in [3.05, 3.63) is 58.1 Å². The third-order valence-electron chi connectivity index (χ3n) is 3.38. The van der Waals surface area contributed by atoms with Gasteiger partial charge in [-0.3, -0.25) is 0 Å². The first-order valence-corrected chi connectivity index (χ1v) is 7.12. The van der Waals surface area contributed by atoms with Crippen LogP contribution in [0.2, 0.25) is 5.02 Å². The fourth-order valence-electron chi connectivity index (χ4n) is 2.19. The minimum absolute atomic E-state index is 0.731. The van der Waals surface area contributed by atoms with Crippen molar-refractivity contribution in [2.24, 2.45) is 0 Å². The predicted molar refractivity (Wildman–Crippen MR) is 89.0 cm³/mol. The van der Waals surface area contributed by atoms with Crippen LogP contribution in [0.5, 0.6) is 0 Å². The lowest BCUT2D eigenvalue weighted by Crippen LogP contribution is -2.11. The van der Waals surface area contributed by atoms with E-state index in [-0.39, 0.29) is 0 Å². The third kappa shape index (κ3) is 3.45. The number of hydrogen-bond donors (Lipinski definition) is 1. The van der Waals surface area contributed by atoms with Crippen molar-refractivity contribution in [2.75, 3.05) is 24.3 Å². The Bertz CT molecular complexity index is 606. The Morgan fingerprint density at radius 1 is 1.05 bits per heavy atom. The van der Waals surface area contributed by atoms with Crippen molar-refractivity contribution < 1.29 is 0 Å². The number of rotatable bonds is 4. The largest absolute Gasteiger partial charge is 0.381 e. The molecule has 0 aliphatic carbocycles. The first kappa shape index (κ1) is 14.7. The number of halogens is 1. The Morgan fingerprint density at radius 3 is 2.45 bits per heavy atom. The number of hydrogen-bond acceptors (Lipinski definition) is 2. The van der Waals surface area contributed by atoms with Crippen LogP contribution in [-0.4, -0.2) is 14.1 Å². The lowest BCUT2D eigenvalue weighted by molar-refractivity contribution is 1.10. The summed E-state index contributed by atoms with van der Waals surface area (Å²) < 4.78 is 0. The fraction of sp³-hybridized carbons (Fsp3) is 0.294. The zero-order chi connectivity index (χ0) is 14.7. The molecule has 0 unspecified atom stereocenters. The van der Waals surface area contributed by atoms with E-state index in [1.54, 1.807) is 0 Å². The average Bonchev–Trinajstić information content (AvgIpc) is 2.39. The molecule has 0 amide bonds. The first-order valence-electron chi connectivity index (χ1n) is 6.74. The summed E-state index contributed by atoms with van der Waals surface area (Å²) in [6, 6.07) is 12.6. The van der Waals surface area contributed by atoms with Crippen molar-refractivity contribution >= 4 is 23.0 Å². The second-order valence-corrected chi connectivity index (χ2v) is 5.75. The van der Waals surface area contributed by atoms with Crippen molar-refractivity contribution in [1.82, 2.24) is 0 Å². The van der Waals surface area contributed by atoms with E-state index >= 15 is 0 Å². The Morgan fingerprint density at radius 2 is 1.80 bits per heavy atom. The lowest BCUT2D eigenvalue weighted by Gasteiger charge is -2.17. The molecule has 3 heteroatoms. The van der Waals surface area contributed by atoms with Crippen LogP contribution in [0, 0.1) is 13.8 Å². The third-order valence-corrected chi connectivity index (χ3v) is 3.73. The van der Waals surface area contributed by atoms with E-state index in [0.29, 0.717) is 0 Å². The summed E-state index contributed by atoms with van der Waals surface area (Å²) in [5, 5.41) is 4.25. The number of anilines is 2. The van der Waals surface area contributed by atoms with Crippen LogP contribution in [-0.2, 0) is 6.54 Å². The summed E-state index contributed by atoms with van der Waals surface area (Å²) in [4.78, 5) is 2.12. The highest BCUT2D eigenvalue weighted by Crippen LogP contribution is 2.24. The van der Waals surface area contributed by atoms with Crippen LogP contribution in [0.25, 0.3) is 0 Å². The molecular weight excluding hydrogens is 268 g/mol. The molecule has 20 heavy (non-hydrogen) atoms. The minimum Gasteiger partial charge on any atom is -0.381 e. The summed E-state index contributed by atoms with van der Waals surface area (Å²) in [6.45, 7) is 4.90.